The Bertz CT molecular complexity index is 496. The molecule has 0 aliphatic heterocycles. The molecule has 1 N–H and O–H groups in total. The summed E-state index contributed by atoms with van der Waals surface area (Å²) in [6.45, 7) is 3.29. The maximum Gasteiger partial charge on any atom is 0.164 e. The number of nitrogens with zero attached hydrogens (tertiary/aromatic N) is 3. The second-order valence-corrected chi connectivity index (χ2v) is 3.86. The molecule has 0 amide bonds. The maximum absolute atomic E-state index is 9.00. The molecule has 1 aromatic carbocycles. The van der Waals surface area contributed by atoms with Gasteiger partial charge in [0.1, 0.15) is 18.7 Å². The van der Waals surface area contributed by atoms with Gasteiger partial charge in [-0.05, 0) is 25.0 Å². The molecule has 0 atom stereocenters. The van der Waals surface area contributed by atoms with Crippen molar-refractivity contribution in [1.82, 2.24) is 14.8 Å². The highest BCUT2D eigenvalue weighted by Gasteiger charge is 2.06. The standard InChI is InChI=1S/C13H17N3O2/c1-2-16-13(14-10-15-16)9-18-12-6-4-3-5-11(12)7-8-17/h3-6,10,17H,2,7-9H2,1H3. The Morgan fingerprint density at radius 1 is 1.33 bits per heavy atom. The van der Waals surface area contributed by atoms with Gasteiger partial charge in [-0.1, -0.05) is 18.2 Å². The van der Waals surface area contributed by atoms with Gasteiger partial charge in [0.2, 0.25) is 0 Å². The highest BCUT2D eigenvalue weighted by Crippen LogP contribution is 2.19. The average Bonchev–Trinajstić information content (AvgIpc) is 2.85. The number of benzene rings is 1. The highest BCUT2D eigenvalue weighted by molar-refractivity contribution is 5.33. The first-order valence-electron chi connectivity index (χ1n) is 6.03. The molecule has 0 aliphatic carbocycles. The fraction of sp³-hybridized carbons (Fsp3) is 0.385. The number of aliphatic hydroxyl groups excluding tert-OH is 1. The van der Waals surface area contributed by atoms with Gasteiger partial charge in [-0.25, -0.2) is 9.67 Å². The van der Waals surface area contributed by atoms with Crippen LogP contribution in [0.2, 0.25) is 0 Å². The number of aliphatic hydroxyl groups is 1. The van der Waals surface area contributed by atoms with Gasteiger partial charge in [0.05, 0.1) is 0 Å². The van der Waals surface area contributed by atoms with Gasteiger partial charge in [0.15, 0.2) is 5.82 Å². The number of aryl methyl sites for hydroxylation is 1. The molecule has 0 radical (unpaired) electrons. The minimum absolute atomic E-state index is 0.117. The molecule has 2 aromatic rings. The van der Waals surface area contributed by atoms with Gasteiger partial charge in [-0.15, -0.1) is 0 Å². The van der Waals surface area contributed by atoms with Gasteiger partial charge < -0.3 is 9.84 Å². The molecule has 0 bridgehead atoms. The van der Waals surface area contributed by atoms with Crippen LogP contribution < -0.4 is 4.74 Å². The van der Waals surface area contributed by atoms with Crippen LogP contribution in [0.3, 0.4) is 0 Å². The second kappa shape index (κ2) is 6.16. The van der Waals surface area contributed by atoms with Gasteiger partial charge in [0, 0.05) is 13.2 Å². The predicted octanol–water partition coefficient (Wildman–Crippen LogP) is 1.41. The third-order valence-electron chi connectivity index (χ3n) is 2.71. The predicted molar refractivity (Wildman–Crippen MR) is 67.3 cm³/mol. The molecular weight excluding hydrogens is 230 g/mol. The summed E-state index contributed by atoms with van der Waals surface area (Å²) in [5.41, 5.74) is 1.00. The summed E-state index contributed by atoms with van der Waals surface area (Å²) in [6, 6.07) is 7.71. The first kappa shape index (κ1) is 12.6. The Morgan fingerprint density at radius 3 is 2.94 bits per heavy atom. The lowest BCUT2D eigenvalue weighted by molar-refractivity contribution is 0.274. The molecule has 0 spiro atoms. The SMILES string of the molecule is CCn1ncnc1COc1ccccc1CCO. The quantitative estimate of drug-likeness (QED) is 0.838. The Labute approximate surface area is 106 Å². The minimum Gasteiger partial charge on any atom is -0.485 e. The van der Waals surface area contributed by atoms with Crippen LogP contribution in [0.15, 0.2) is 30.6 Å². The summed E-state index contributed by atoms with van der Waals surface area (Å²) in [7, 11) is 0. The third kappa shape index (κ3) is 2.87. The Kier molecular flexibility index (Phi) is 4.30. The van der Waals surface area contributed by atoms with E-state index in [1.54, 1.807) is 4.68 Å². The molecule has 0 saturated heterocycles. The molecule has 0 saturated carbocycles. The van der Waals surface area contributed by atoms with E-state index >= 15 is 0 Å². The zero-order valence-electron chi connectivity index (χ0n) is 10.4. The van der Waals surface area contributed by atoms with E-state index in [1.165, 1.54) is 6.33 Å². The van der Waals surface area contributed by atoms with Crippen LogP contribution in [0, 0.1) is 0 Å². The van der Waals surface area contributed by atoms with Crippen molar-refractivity contribution in [2.24, 2.45) is 0 Å². The van der Waals surface area contributed by atoms with Crippen LogP contribution in [0.5, 0.6) is 5.75 Å². The van der Waals surface area contributed by atoms with Gasteiger partial charge in [0.25, 0.3) is 0 Å². The van der Waals surface area contributed by atoms with Crippen molar-refractivity contribution in [3.63, 3.8) is 0 Å². The number of rotatable bonds is 6. The van der Waals surface area contributed by atoms with Gasteiger partial charge >= 0.3 is 0 Å². The number of para-hydroxylation sites is 1. The first-order valence-corrected chi connectivity index (χ1v) is 6.03. The summed E-state index contributed by atoms with van der Waals surface area (Å²) in [5.74, 6) is 1.59. The minimum atomic E-state index is 0.117. The Hall–Kier alpha value is -1.88. The summed E-state index contributed by atoms with van der Waals surface area (Å²) in [6.07, 6.45) is 2.12. The van der Waals surface area contributed by atoms with Crippen molar-refractivity contribution < 1.29 is 9.84 Å². The topological polar surface area (TPSA) is 60.2 Å². The molecule has 18 heavy (non-hydrogen) atoms. The van der Waals surface area contributed by atoms with Gasteiger partial charge in [-0.3, -0.25) is 0 Å². The van der Waals surface area contributed by atoms with E-state index in [0.29, 0.717) is 13.0 Å². The lowest BCUT2D eigenvalue weighted by Gasteiger charge is -2.10. The molecule has 2 rings (SSSR count). The molecule has 5 nitrogen and oxygen atoms in total. The van der Waals surface area contributed by atoms with E-state index < -0.39 is 0 Å². The van der Waals surface area contributed by atoms with E-state index in [0.717, 1.165) is 23.7 Å². The summed E-state index contributed by atoms with van der Waals surface area (Å²) >= 11 is 0. The molecule has 0 unspecified atom stereocenters. The van der Waals surface area contributed by atoms with Crippen LogP contribution >= 0.6 is 0 Å². The number of hydrogen-bond donors (Lipinski definition) is 1. The van der Waals surface area contributed by atoms with Crippen LogP contribution in [0.1, 0.15) is 18.3 Å². The third-order valence-corrected chi connectivity index (χ3v) is 2.71. The van der Waals surface area contributed by atoms with E-state index in [-0.39, 0.29) is 6.61 Å². The Morgan fingerprint density at radius 2 is 2.17 bits per heavy atom. The van der Waals surface area contributed by atoms with Crippen LogP contribution in [0.25, 0.3) is 0 Å². The van der Waals surface area contributed by atoms with Crippen molar-refractivity contribution in [2.75, 3.05) is 6.61 Å². The van der Waals surface area contributed by atoms with Crippen LogP contribution in [-0.4, -0.2) is 26.5 Å². The lowest BCUT2D eigenvalue weighted by atomic mass is 10.1. The van der Waals surface area contributed by atoms with Gasteiger partial charge in [-0.2, -0.15) is 5.10 Å². The van der Waals surface area contributed by atoms with Crippen molar-refractivity contribution in [2.45, 2.75) is 26.5 Å². The van der Waals surface area contributed by atoms with Crippen molar-refractivity contribution in [3.05, 3.63) is 42.0 Å². The average molecular weight is 247 g/mol. The van der Waals surface area contributed by atoms with Crippen molar-refractivity contribution in [3.8, 4) is 5.75 Å². The number of aromatic nitrogens is 3. The largest absolute Gasteiger partial charge is 0.485 e. The second-order valence-electron chi connectivity index (χ2n) is 3.86. The molecule has 0 aliphatic rings. The van der Waals surface area contributed by atoms with Crippen LogP contribution in [0.4, 0.5) is 0 Å². The maximum atomic E-state index is 9.00. The molecule has 0 fully saturated rings. The van der Waals surface area contributed by atoms with E-state index in [1.807, 2.05) is 31.2 Å². The zero-order valence-corrected chi connectivity index (χ0v) is 10.4. The number of ether oxygens (including phenoxy) is 1. The molecule has 96 valence electrons. The van der Waals surface area contributed by atoms with Crippen LogP contribution in [-0.2, 0) is 19.6 Å². The first-order chi connectivity index (χ1) is 8.85. The molecule has 1 aromatic heterocycles. The van der Waals surface area contributed by atoms with Crippen molar-refractivity contribution in [1.29, 1.82) is 0 Å². The number of hydrogen-bond acceptors (Lipinski definition) is 4. The van der Waals surface area contributed by atoms with Crippen molar-refractivity contribution >= 4 is 0 Å². The highest BCUT2D eigenvalue weighted by atomic mass is 16.5. The van der Waals surface area contributed by atoms with E-state index in [4.69, 9.17) is 9.84 Å². The van der Waals surface area contributed by atoms with E-state index in [9.17, 15) is 0 Å². The normalized spacial score (nSPS) is 10.6. The molecular formula is C13H17N3O2. The molecule has 5 heteroatoms. The molecule has 1 heterocycles. The summed E-state index contributed by atoms with van der Waals surface area (Å²) in [4.78, 5) is 4.16. The summed E-state index contributed by atoms with van der Waals surface area (Å²) in [5, 5.41) is 13.1. The monoisotopic (exact) mass is 247 g/mol. The zero-order chi connectivity index (χ0) is 12.8. The smallest absolute Gasteiger partial charge is 0.164 e. The fourth-order valence-electron chi connectivity index (χ4n) is 1.78. The van der Waals surface area contributed by atoms with E-state index in [2.05, 4.69) is 10.1 Å². The summed E-state index contributed by atoms with van der Waals surface area (Å²) < 4.78 is 7.54. The fourth-order valence-corrected chi connectivity index (χ4v) is 1.78. The lowest BCUT2D eigenvalue weighted by Crippen LogP contribution is -2.08. The Balaban J connectivity index is 2.06.